The van der Waals surface area contributed by atoms with Gasteiger partial charge in [-0.1, -0.05) is 0 Å². The van der Waals surface area contributed by atoms with Crippen LogP contribution in [0.5, 0.6) is 0 Å². The van der Waals surface area contributed by atoms with Gasteiger partial charge in [-0.15, -0.1) is 0 Å². The molecule has 0 saturated carbocycles. The first-order chi connectivity index (χ1) is 9.66. The van der Waals surface area contributed by atoms with E-state index in [1.807, 2.05) is 0 Å². The summed E-state index contributed by atoms with van der Waals surface area (Å²) >= 11 is 0. The summed E-state index contributed by atoms with van der Waals surface area (Å²) in [6, 6.07) is 2.75. The second-order valence-electron chi connectivity index (χ2n) is 4.13. The molecule has 20 heavy (non-hydrogen) atoms. The predicted molar refractivity (Wildman–Crippen MR) is 70.4 cm³/mol. The molecule has 0 saturated heterocycles. The van der Waals surface area contributed by atoms with Crippen molar-refractivity contribution in [2.24, 2.45) is 0 Å². The van der Waals surface area contributed by atoms with Crippen LogP contribution in [0.4, 0.5) is 0 Å². The predicted octanol–water partition coefficient (Wildman–Crippen LogP) is 0.865. The summed E-state index contributed by atoms with van der Waals surface area (Å²) in [6.07, 6.45) is 6.21. The molecule has 0 fully saturated rings. The second kappa shape index (κ2) is 6.46. The largest absolute Gasteiger partial charge is 0.477 e. The third kappa shape index (κ3) is 3.64. The standard InChI is InChI=1S/C13H14N4O3/c18-12(9-3-4-10(13(19)20)17-8-9)16-5-1-2-11-14-6-7-15-11/h3-4,6-8H,1-2,5H2,(H,14,15)(H,16,18)(H,19,20). The Hall–Kier alpha value is -2.70. The highest BCUT2D eigenvalue weighted by molar-refractivity contribution is 5.94. The Morgan fingerprint density at radius 1 is 1.30 bits per heavy atom. The number of aromatic carboxylic acids is 1. The topological polar surface area (TPSA) is 108 Å². The maximum absolute atomic E-state index is 11.8. The van der Waals surface area contributed by atoms with Crippen LogP contribution in [0.2, 0.25) is 0 Å². The number of aromatic amines is 1. The number of aryl methyl sites for hydroxylation is 1. The normalized spacial score (nSPS) is 10.2. The molecule has 0 aromatic carbocycles. The summed E-state index contributed by atoms with van der Waals surface area (Å²) in [4.78, 5) is 33.2. The van der Waals surface area contributed by atoms with Crippen molar-refractivity contribution in [2.75, 3.05) is 6.54 Å². The number of nitrogens with zero attached hydrogens (tertiary/aromatic N) is 2. The number of aromatic nitrogens is 3. The molecule has 2 rings (SSSR count). The molecule has 7 heteroatoms. The SMILES string of the molecule is O=C(NCCCc1ncc[nH]1)c1ccc(C(=O)O)nc1. The van der Waals surface area contributed by atoms with Crippen molar-refractivity contribution in [3.8, 4) is 0 Å². The van der Waals surface area contributed by atoms with Gasteiger partial charge in [0.15, 0.2) is 0 Å². The van der Waals surface area contributed by atoms with Crippen LogP contribution in [0.1, 0.15) is 33.1 Å². The number of carboxylic acids is 1. The summed E-state index contributed by atoms with van der Waals surface area (Å²) in [5.41, 5.74) is 0.257. The van der Waals surface area contributed by atoms with E-state index in [-0.39, 0.29) is 11.6 Å². The Kier molecular flexibility index (Phi) is 4.43. The van der Waals surface area contributed by atoms with E-state index in [1.54, 1.807) is 12.4 Å². The Bertz CT molecular complexity index is 578. The van der Waals surface area contributed by atoms with Gasteiger partial charge in [-0.3, -0.25) is 4.79 Å². The number of carboxylic acid groups (broad SMARTS) is 1. The van der Waals surface area contributed by atoms with E-state index in [9.17, 15) is 9.59 Å². The van der Waals surface area contributed by atoms with Gasteiger partial charge in [-0.05, 0) is 18.6 Å². The summed E-state index contributed by atoms with van der Waals surface area (Å²) in [5, 5.41) is 11.4. The van der Waals surface area contributed by atoms with Crippen molar-refractivity contribution < 1.29 is 14.7 Å². The van der Waals surface area contributed by atoms with Crippen LogP contribution in [0.3, 0.4) is 0 Å². The average molecular weight is 274 g/mol. The minimum atomic E-state index is -1.12. The van der Waals surface area contributed by atoms with Gasteiger partial charge >= 0.3 is 5.97 Å². The van der Waals surface area contributed by atoms with Crippen molar-refractivity contribution in [1.82, 2.24) is 20.3 Å². The number of hydrogen-bond acceptors (Lipinski definition) is 4. The quantitative estimate of drug-likeness (QED) is 0.677. The molecule has 2 aromatic heterocycles. The van der Waals surface area contributed by atoms with Crippen LogP contribution >= 0.6 is 0 Å². The van der Waals surface area contributed by atoms with Gasteiger partial charge in [0, 0.05) is 31.6 Å². The first-order valence-corrected chi connectivity index (χ1v) is 6.12. The lowest BCUT2D eigenvalue weighted by Gasteiger charge is -2.04. The fourth-order valence-corrected chi connectivity index (χ4v) is 1.65. The number of imidazole rings is 1. The number of nitrogens with one attached hydrogen (secondary N) is 2. The molecule has 0 aliphatic rings. The molecule has 0 bridgehead atoms. The third-order valence-electron chi connectivity index (χ3n) is 2.68. The number of H-pyrrole nitrogens is 1. The molecule has 0 atom stereocenters. The highest BCUT2D eigenvalue weighted by atomic mass is 16.4. The number of carbonyl (C=O) groups is 2. The number of pyridine rings is 1. The molecule has 2 heterocycles. The average Bonchev–Trinajstić information content (AvgIpc) is 2.96. The molecule has 0 radical (unpaired) electrons. The van der Waals surface area contributed by atoms with Gasteiger partial charge < -0.3 is 15.4 Å². The second-order valence-corrected chi connectivity index (χ2v) is 4.13. The molecule has 3 N–H and O–H groups in total. The first-order valence-electron chi connectivity index (χ1n) is 6.12. The molecular weight excluding hydrogens is 260 g/mol. The number of hydrogen-bond donors (Lipinski definition) is 3. The van der Waals surface area contributed by atoms with Crippen LogP contribution in [0, 0.1) is 0 Å². The fraction of sp³-hybridized carbons (Fsp3) is 0.231. The van der Waals surface area contributed by atoms with Crippen molar-refractivity contribution in [1.29, 1.82) is 0 Å². The Morgan fingerprint density at radius 3 is 2.75 bits per heavy atom. The van der Waals surface area contributed by atoms with E-state index >= 15 is 0 Å². The van der Waals surface area contributed by atoms with Gasteiger partial charge in [-0.25, -0.2) is 14.8 Å². The fourth-order valence-electron chi connectivity index (χ4n) is 1.65. The van der Waals surface area contributed by atoms with E-state index in [0.29, 0.717) is 12.1 Å². The van der Waals surface area contributed by atoms with Crippen LogP contribution in [-0.2, 0) is 6.42 Å². The van der Waals surface area contributed by atoms with Gasteiger partial charge in [0.1, 0.15) is 11.5 Å². The smallest absolute Gasteiger partial charge is 0.354 e. The Balaban J connectivity index is 1.78. The maximum atomic E-state index is 11.8. The molecule has 0 aliphatic heterocycles. The monoisotopic (exact) mass is 274 g/mol. The summed E-state index contributed by atoms with van der Waals surface area (Å²) in [6.45, 7) is 0.514. The van der Waals surface area contributed by atoms with Gasteiger partial charge in [0.05, 0.1) is 5.56 Å². The molecule has 0 spiro atoms. The molecule has 7 nitrogen and oxygen atoms in total. The van der Waals surface area contributed by atoms with E-state index in [0.717, 1.165) is 18.7 Å². The number of rotatable bonds is 6. The van der Waals surface area contributed by atoms with E-state index < -0.39 is 5.97 Å². The van der Waals surface area contributed by atoms with Gasteiger partial charge in [0.25, 0.3) is 5.91 Å². The molecule has 104 valence electrons. The summed E-state index contributed by atoms with van der Waals surface area (Å²) in [5.74, 6) is -0.504. The van der Waals surface area contributed by atoms with Crippen LogP contribution in [-0.4, -0.2) is 38.5 Å². The zero-order valence-corrected chi connectivity index (χ0v) is 10.7. The Labute approximate surface area is 115 Å². The van der Waals surface area contributed by atoms with Gasteiger partial charge in [-0.2, -0.15) is 0 Å². The van der Waals surface area contributed by atoms with Crippen molar-refractivity contribution in [3.05, 3.63) is 47.8 Å². The minimum absolute atomic E-state index is 0.0839. The molecule has 0 unspecified atom stereocenters. The molecular formula is C13H14N4O3. The molecule has 2 aromatic rings. The minimum Gasteiger partial charge on any atom is -0.477 e. The maximum Gasteiger partial charge on any atom is 0.354 e. The van der Waals surface area contributed by atoms with Crippen molar-refractivity contribution >= 4 is 11.9 Å². The van der Waals surface area contributed by atoms with Crippen molar-refractivity contribution in [2.45, 2.75) is 12.8 Å². The van der Waals surface area contributed by atoms with E-state index in [2.05, 4.69) is 20.3 Å². The van der Waals surface area contributed by atoms with Crippen LogP contribution in [0.25, 0.3) is 0 Å². The first kappa shape index (κ1) is 13.7. The Morgan fingerprint density at radius 2 is 2.15 bits per heavy atom. The van der Waals surface area contributed by atoms with Crippen LogP contribution in [0.15, 0.2) is 30.7 Å². The molecule has 1 amide bonds. The van der Waals surface area contributed by atoms with Gasteiger partial charge in [0.2, 0.25) is 0 Å². The zero-order chi connectivity index (χ0) is 14.4. The highest BCUT2D eigenvalue weighted by Gasteiger charge is 2.08. The third-order valence-corrected chi connectivity index (χ3v) is 2.68. The van der Waals surface area contributed by atoms with E-state index in [4.69, 9.17) is 5.11 Å². The van der Waals surface area contributed by atoms with E-state index in [1.165, 1.54) is 18.3 Å². The lowest BCUT2D eigenvalue weighted by Crippen LogP contribution is -2.25. The lowest BCUT2D eigenvalue weighted by atomic mass is 10.2. The molecule has 0 aliphatic carbocycles. The summed E-state index contributed by atoms with van der Waals surface area (Å²) in [7, 11) is 0. The number of amides is 1. The zero-order valence-electron chi connectivity index (χ0n) is 10.7. The summed E-state index contributed by atoms with van der Waals surface area (Å²) < 4.78 is 0. The lowest BCUT2D eigenvalue weighted by molar-refractivity contribution is 0.0689. The van der Waals surface area contributed by atoms with Crippen molar-refractivity contribution in [3.63, 3.8) is 0 Å². The number of carbonyl (C=O) groups excluding carboxylic acids is 1. The highest BCUT2D eigenvalue weighted by Crippen LogP contribution is 2.01. The van der Waals surface area contributed by atoms with Crippen LogP contribution < -0.4 is 5.32 Å².